The summed E-state index contributed by atoms with van der Waals surface area (Å²) in [5, 5.41) is 0. The second kappa shape index (κ2) is 10.1. The van der Waals surface area contributed by atoms with Crippen LogP contribution < -0.4 is 0 Å². The van der Waals surface area contributed by atoms with Gasteiger partial charge < -0.3 is 9.64 Å². The topological polar surface area (TPSA) is 84.0 Å². The number of amides is 1. The Hall–Kier alpha value is -3.04. The summed E-state index contributed by atoms with van der Waals surface area (Å²) in [6.45, 7) is 3.90. The number of carbonyl (C=O) groups excluding carboxylic acids is 2. The van der Waals surface area contributed by atoms with Crippen LogP contribution >= 0.6 is 0 Å². The molecule has 1 aliphatic rings. The number of nitrogens with zero attached hydrogens (tertiary/aromatic N) is 2. The Labute approximate surface area is 187 Å². The van der Waals surface area contributed by atoms with Crippen molar-refractivity contribution < 1.29 is 27.1 Å². The second-order valence-electron chi connectivity index (χ2n) is 7.52. The highest BCUT2D eigenvalue weighted by Crippen LogP contribution is 2.22. The molecule has 32 heavy (non-hydrogen) atoms. The van der Waals surface area contributed by atoms with Gasteiger partial charge in [-0.15, -0.1) is 0 Å². The molecule has 2 aromatic rings. The number of esters is 1. The van der Waals surface area contributed by atoms with E-state index in [1.54, 1.807) is 25.1 Å². The minimum Gasteiger partial charge on any atom is -0.452 e. The third-order valence-electron chi connectivity index (χ3n) is 5.18. The fraction of sp³-hybridized carbons (Fsp3) is 0.304. The smallest absolute Gasteiger partial charge is 0.331 e. The fourth-order valence-corrected chi connectivity index (χ4v) is 5.07. The van der Waals surface area contributed by atoms with Gasteiger partial charge in [-0.05, 0) is 37.6 Å². The van der Waals surface area contributed by atoms with Gasteiger partial charge in [0.15, 0.2) is 6.61 Å². The van der Waals surface area contributed by atoms with E-state index in [-0.39, 0.29) is 36.6 Å². The maximum absolute atomic E-state index is 13.5. The summed E-state index contributed by atoms with van der Waals surface area (Å²) >= 11 is 0. The number of piperazine rings is 1. The molecule has 1 amide bonds. The molecule has 0 atom stereocenters. The average Bonchev–Trinajstić information content (AvgIpc) is 2.76. The zero-order chi connectivity index (χ0) is 23.3. The molecule has 170 valence electrons. The Bertz CT molecular complexity index is 1140. The maximum atomic E-state index is 13.5. The van der Waals surface area contributed by atoms with Crippen molar-refractivity contribution in [3.8, 4) is 0 Å². The SMILES string of the molecule is Cc1ccc(S(=O)(=O)N2CCN(C(=O)COC(=O)/C=C/c3ccccc3F)CC2)c(C)c1. The molecule has 1 saturated heterocycles. The van der Waals surface area contributed by atoms with Gasteiger partial charge in [-0.25, -0.2) is 17.6 Å². The molecule has 0 spiro atoms. The number of aryl methyl sites for hydroxylation is 2. The summed E-state index contributed by atoms with van der Waals surface area (Å²) in [6.07, 6.45) is 2.33. The van der Waals surface area contributed by atoms with Crippen LogP contribution in [0.4, 0.5) is 4.39 Å². The van der Waals surface area contributed by atoms with Gasteiger partial charge in [-0.1, -0.05) is 35.9 Å². The van der Waals surface area contributed by atoms with Crippen LogP contribution in [0, 0.1) is 19.7 Å². The Kier molecular flexibility index (Phi) is 7.42. The highest BCUT2D eigenvalue weighted by Gasteiger charge is 2.31. The molecule has 3 rings (SSSR count). The van der Waals surface area contributed by atoms with Crippen LogP contribution in [0.25, 0.3) is 6.08 Å². The minimum absolute atomic E-state index is 0.155. The van der Waals surface area contributed by atoms with E-state index < -0.39 is 34.3 Å². The van der Waals surface area contributed by atoms with E-state index in [4.69, 9.17) is 4.74 Å². The number of halogens is 1. The fourth-order valence-electron chi connectivity index (χ4n) is 3.45. The van der Waals surface area contributed by atoms with Crippen LogP contribution in [0.3, 0.4) is 0 Å². The van der Waals surface area contributed by atoms with Gasteiger partial charge in [0.2, 0.25) is 10.0 Å². The molecule has 0 bridgehead atoms. The molecule has 9 heteroatoms. The van der Waals surface area contributed by atoms with Gasteiger partial charge in [0.25, 0.3) is 5.91 Å². The molecule has 0 radical (unpaired) electrons. The number of hydrogen-bond donors (Lipinski definition) is 0. The number of benzene rings is 2. The number of hydrogen-bond acceptors (Lipinski definition) is 5. The highest BCUT2D eigenvalue weighted by molar-refractivity contribution is 7.89. The van der Waals surface area contributed by atoms with E-state index >= 15 is 0 Å². The van der Waals surface area contributed by atoms with Gasteiger partial charge in [0.05, 0.1) is 4.90 Å². The first-order chi connectivity index (χ1) is 15.2. The monoisotopic (exact) mass is 460 g/mol. The first-order valence-corrected chi connectivity index (χ1v) is 11.6. The van der Waals surface area contributed by atoms with Gasteiger partial charge in [-0.2, -0.15) is 4.31 Å². The molecule has 0 unspecified atom stereocenters. The molecule has 1 aliphatic heterocycles. The van der Waals surface area contributed by atoms with E-state index in [1.165, 1.54) is 33.5 Å². The van der Waals surface area contributed by atoms with Gasteiger partial charge in [0.1, 0.15) is 5.82 Å². The first kappa shape index (κ1) is 23.6. The van der Waals surface area contributed by atoms with Crippen molar-refractivity contribution in [3.63, 3.8) is 0 Å². The number of ether oxygens (including phenoxy) is 1. The molecule has 7 nitrogen and oxygen atoms in total. The zero-order valence-electron chi connectivity index (χ0n) is 18.0. The van der Waals surface area contributed by atoms with Gasteiger partial charge >= 0.3 is 5.97 Å². The van der Waals surface area contributed by atoms with Gasteiger partial charge in [0, 0.05) is 37.8 Å². The molecule has 1 fully saturated rings. The van der Waals surface area contributed by atoms with E-state index in [0.717, 1.165) is 11.6 Å². The van der Waals surface area contributed by atoms with E-state index in [0.29, 0.717) is 5.56 Å². The minimum atomic E-state index is -3.65. The van der Waals surface area contributed by atoms with Crippen molar-refractivity contribution >= 4 is 28.0 Å². The van der Waals surface area contributed by atoms with Crippen LogP contribution in [0.1, 0.15) is 16.7 Å². The Morgan fingerprint density at radius 3 is 2.41 bits per heavy atom. The van der Waals surface area contributed by atoms with E-state index in [2.05, 4.69) is 0 Å². The molecule has 1 heterocycles. The van der Waals surface area contributed by atoms with Crippen molar-refractivity contribution in [3.05, 3.63) is 71.0 Å². The van der Waals surface area contributed by atoms with Crippen molar-refractivity contribution in [1.29, 1.82) is 0 Å². The van der Waals surface area contributed by atoms with E-state index in [1.807, 2.05) is 13.0 Å². The molecule has 0 N–H and O–H groups in total. The maximum Gasteiger partial charge on any atom is 0.331 e. The molecule has 0 aromatic heterocycles. The number of sulfonamides is 1. The number of rotatable bonds is 6. The Morgan fingerprint density at radius 2 is 1.75 bits per heavy atom. The van der Waals surface area contributed by atoms with Crippen LogP contribution in [0.2, 0.25) is 0 Å². The summed E-state index contributed by atoms with van der Waals surface area (Å²) < 4.78 is 45.7. The van der Waals surface area contributed by atoms with Crippen molar-refractivity contribution in [2.24, 2.45) is 0 Å². The van der Waals surface area contributed by atoms with Gasteiger partial charge in [-0.3, -0.25) is 4.79 Å². The van der Waals surface area contributed by atoms with Crippen molar-refractivity contribution in [2.45, 2.75) is 18.7 Å². The van der Waals surface area contributed by atoms with Crippen LogP contribution in [-0.4, -0.2) is 62.3 Å². The van der Waals surface area contributed by atoms with Crippen molar-refractivity contribution in [1.82, 2.24) is 9.21 Å². The van der Waals surface area contributed by atoms with Crippen molar-refractivity contribution in [2.75, 3.05) is 32.8 Å². The molecule has 2 aromatic carbocycles. The predicted octanol–water partition coefficient (Wildman–Crippen LogP) is 2.53. The standard InChI is InChI=1S/C23H25FN2O5S/c1-17-7-9-21(18(2)15-17)32(29,30)26-13-11-25(12-14-26)22(27)16-31-23(28)10-8-19-5-3-4-6-20(19)24/h3-10,15H,11-14,16H2,1-2H3/b10-8+. The molecular formula is C23H25FN2O5S. The summed E-state index contributed by atoms with van der Waals surface area (Å²) in [7, 11) is -3.65. The molecular weight excluding hydrogens is 435 g/mol. The lowest BCUT2D eigenvalue weighted by Gasteiger charge is -2.34. The quantitative estimate of drug-likeness (QED) is 0.489. The summed E-state index contributed by atoms with van der Waals surface area (Å²) in [5.74, 6) is -1.65. The first-order valence-electron chi connectivity index (χ1n) is 10.1. The average molecular weight is 461 g/mol. The second-order valence-corrected chi connectivity index (χ2v) is 9.42. The lowest BCUT2D eigenvalue weighted by Crippen LogP contribution is -2.51. The largest absolute Gasteiger partial charge is 0.452 e. The summed E-state index contributed by atoms with van der Waals surface area (Å²) in [5.41, 5.74) is 1.89. The van der Waals surface area contributed by atoms with Crippen LogP contribution in [0.15, 0.2) is 53.4 Å². The number of carbonyl (C=O) groups is 2. The normalized spacial score (nSPS) is 15.2. The highest BCUT2D eigenvalue weighted by atomic mass is 32.2. The lowest BCUT2D eigenvalue weighted by molar-refractivity contribution is -0.148. The Morgan fingerprint density at radius 1 is 1.06 bits per heavy atom. The van der Waals surface area contributed by atoms with E-state index in [9.17, 15) is 22.4 Å². The third kappa shape index (κ3) is 5.60. The predicted molar refractivity (Wildman–Crippen MR) is 118 cm³/mol. The molecule has 0 aliphatic carbocycles. The zero-order valence-corrected chi connectivity index (χ0v) is 18.8. The van der Waals surface area contributed by atoms with Crippen LogP contribution in [-0.2, 0) is 24.3 Å². The third-order valence-corrected chi connectivity index (χ3v) is 7.24. The summed E-state index contributed by atoms with van der Waals surface area (Å²) in [6, 6.07) is 11.1. The van der Waals surface area contributed by atoms with Crippen LogP contribution in [0.5, 0.6) is 0 Å². The molecule has 0 saturated carbocycles. The lowest BCUT2D eigenvalue weighted by atomic mass is 10.2. The Balaban J connectivity index is 1.51. The summed E-state index contributed by atoms with van der Waals surface area (Å²) in [4.78, 5) is 25.9.